The van der Waals surface area contributed by atoms with Gasteiger partial charge in [0.25, 0.3) is 0 Å². The quantitative estimate of drug-likeness (QED) is 0.213. The molecule has 1 fully saturated rings. The van der Waals surface area contributed by atoms with Crippen molar-refractivity contribution in [3.63, 3.8) is 0 Å². The largest absolute Gasteiger partial charge is 0.480 e. The topological polar surface area (TPSA) is 97.9 Å². The average molecular weight is 635 g/mol. The summed E-state index contributed by atoms with van der Waals surface area (Å²) in [6, 6.07) is 5.15. The number of aromatic nitrogens is 2. The molecule has 4 unspecified atom stereocenters. The second-order valence-corrected chi connectivity index (χ2v) is 12.1. The Hall–Kier alpha value is -3.34. The number of aliphatic imine (C=N–C) groups is 1. The first-order chi connectivity index (χ1) is 20.7. The number of ether oxygens (including phenoxy) is 2. The Labute approximate surface area is 257 Å². The minimum atomic E-state index is -4.70. The molecule has 2 aliphatic rings. The second kappa shape index (κ2) is 13.7. The van der Waals surface area contributed by atoms with E-state index >= 15 is 0 Å². The van der Waals surface area contributed by atoms with Crippen molar-refractivity contribution in [3.05, 3.63) is 82.6 Å². The van der Waals surface area contributed by atoms with Gasteiger partial charge in [0, 0.05) is 36.6 Å². The fourth-order valence-corrected chi connectivity index (χ4v) is 4.75. The molecule has 44 heavy (non-hydrogen) atoms. The molecule has 1 aliphatic heterocycles. The maximum absolute atomic E-state index is 14.4. The number of hydrogen-bond acceptors (Lipinski definition) is 8. The molecule has 0 bridgehead atoms. The lowest BCUT2D eigenvalue weighted by molar-refractivity contribution is -0.143. The zero-order valence-electron chi connectivity index (χ0n) is 25.5. The molecular weight excluding hydrogens is 595 g/mol. The Morgan fingerprint density at radius 2 is 1.89 bits per heavy atom. The summed E-state index contributed by atoms with van der Waals surface area (Å²) in [5.41, 5.74) is 9.59. The molecule has 0 spiro atoms. The van der Waals surface area contributed by atoms with Crippen molar-refractivity contribution in [1.29, 1.82) is 0 Å². The lowest BCUT2D eigenvalue weighted by Gasteiger charge is -2.29. The number of halogens is 4. The van der Waals surface area contributed by atoms with Crippen molar-refractivity contribution < 1.29 is 27.0 Å². The highest BCUT2D eigenvalue weighted by atomic mass is 31.0. The van der Waals surface area contributed by atoms with Crippen LogP contribution in [0.2, 0.25) is 0 Å². The van der Waals surface area contributed by atoms with Gasteiger partial charge in [0.2, 0.25) is 5.88 Å². The zero-order chi connectivity index (χ0) is 32.2. The summed E-state index contributed by atoms with van der Waals surface area (Å²) in [5.74, 6) is 0.706. The molecule has 0 saturated heterocycles. The van der Waals surface area contributed by atoms with E-state index in [1.165, 1.54) is 26.6 Å². The van der Waals surface area contributed by atoms with Gasteiger partial charge in [-0.3, -0.25) is 0 Å². The lowest BCUT2D eigenvalue weighted by atomic mass is 10.0. The number of methoxy groups -OCH3 is 1. The fraction of sp³-hybridized carbons (Fsp3) is 0.452. The molecule has 238 valence electrons. The minimum Gasteiger partial charge on any atom is -0.480 e. The van der Waals surface area contributed by atoms with E-state index in [0.717, 1.165) is 36.1 Å². The number of alkyl halides is 4. The average Bonchev–Trinajstić information content (AvgIpc) is 3.83. The number of benzene rings is 1. The van der Waals surface area contributed by atoms with Gasteiger partial charge in [-0.05, 0) is 49.8 Å². The number of nitrogens with one attached hydrogen (secondary N) is 1. The highest BCUT2D eigenvalue weighted by molar-refractivity contribution is 7.19. The van der Waals surface area contributed by atoms with E-state index in [0.29, 0.717) is 16.8 Å². The number of hydrogen-bond donors (Lipinski definition) is 2. The normalized spacial score (nSPS) is 19.8. The van der Waals surface area contributed by atoms with Crippen LogP contribution in [0.15, 0.2) is 65.2 Å². The summed E-state index contributed by atoms with van der Waals surface area (Å²) in [4.78, 5) is 15.0. The van der Waals surface area contributed by atoms with Crippen molar-refractivity contribution in [3.8, 4) is 5.88 Å². The Bertz CT molecular complexity index is 1450. The van der Waals surface area contributed by atoms with Crippen LogP contribution in [0, 0.1) is 0 Å². The molecule has 0 radical (unpaired) electrons. The molecule has 2 heterocycles. The van der Waals surface area contributed by atoms with Gasteiger partial charge in [-0.15, -0.1) is 0 Å². The summed E-state index contributed by atoms with van der Waals surface area (Å²) >= 11 is 0. The van der Waals surface area contributed by atoms with Crippen molar-refractivity contribution in [2.75, 3.05) is 14.2 Å². The van der Waals surface area contributed by atoms with E-state index in [-0.39, 0.29) is 29.8 Å². The predicted molar refractivity (Wildman–Crippen MR) is 166 cm³/mol. The third kappa shape index (κ3) is 8.02. The van der Waals surface area contributed by atoms with Gasteiger partial charge >= 0.3 is 6.18 Å². The van der Waals surface area contributed by atoms with Gasteiger partial charge in [0.1, 0.15) is 29.2 Å². The van der Waals surface area contributed by atoms with Crippen molar-refractivity contribution in [2.24, 2.45) is 10.7 Å². The number of nitrogens with two attached hydrogens (primary N) is 1. The molecular formula is C31H39F4N6O2P. The van der Waals surface area contributed by atoms with Crippen LogP contribution in [-0.4, -0.2) is 58.7 Å². The van der Waals surface area contributed by atoms with E-state index < -0.39 is 23.9 Å². The van der Waals surface area contributed by atoms with Crippen molar-refractivity contribution >= 4 is 20.8 Å². The summed E-state index contributed by atoms with van der Waals surface area (Å²) < 4.78 is 66.9. The first-order valence-electron chi connectivity index (χ1n) is 14.3. The fourth-order valence-electron chi connectivity index (χ4n) is 4.67. The van der Waals surface area contributed by atoms with E-state index in [1.807, 2.05) is 49.2 Å². The van der Waals surface area contributed by atoms with Gasteiger partial charge < -0.3 is 25.4 Å². The molecule has 1 aromatic heterocycles. The molecule has 4 rings (SSSR count). The van der Waals surface area contributed by atoms with Crippen molar-refractivity contribution in [2.45, 2.75) is 76.4 Å². The van der Waals surface area contributed by atoms with Gasteiger partial charge in [0.05, 0.1) is 19.4 Å². The third-order valence-corrected chi connectivity index (χ3v) is 7.90. The van der Waals surface area contributed by atoms with E-state index in [1.54, 1.807) is 13.1 Å². The van der Waals surface area contributed by atoms with Gasteiger partial charge in [-0.1, -0.05) is 46.5 Å². The molecule has 0 amide bonds. The number of amidine groups is 1. The highest BCUT2D eigenvalue weighted by Gasteiger charge is 2.43. The summed E-state index contributed by atoms with van der Waals surface area (Å²) in [6.07, 6.45) is 2.98. The molecule has 3 N–H and O–H groups in total. The van der Waals surface area contributed by atoms with E-state index in [4.69, 9.17) is 15.2 Å². The highest BCUT2D eigenvalue weighted by Crippen LogP contribution is 2.42. The SMILES string of the molecule is CC/C=C(/c1ccc(COC2N=C(c3c(OC)ncnc3C3CC3)NC=C2C(N)C(F)(F)F)cc1)N(C)/C=C(\C)C(C)(F)P. The van der Waals surface area contributed by atoms with Crippen LogP contribution in [0.25, 0.3) is 5.70 Å². The van der Waals surface area contributed by atoms with Crippen LogP contribution in [0.1, 0.15) is 68.3 Å². The molecule has 2 aromatic rings. The maximum Gasteiger partial charge on any atom is 0.407 e. The van der Waals surface area contributed by atoms with E-state index in [9.17, 15) is 17.6 Å². The second-order valence-electron chi connectivity index (χ2n) is 11.1. The van der Waals surface area contributed by atoms with Crippen LogP contribution in [0.3, 0.4) is 0 Å². The van der Waals surface area contributed by atoms with Crippen molar-refractivity contribution in [1.82, 2.24) is 20.2 Å². The van der Waals surface area contributed by atoms with Crippen LogP contribution in [-0.2, 0) is 11.3 Å². The lowest BCUT2D eigenvalue weighted by Crippen LogP contribution is -2.45. The van der Waals surface area contributed by atoms with E-state index in [2.05, 4.69) is 29.5 Å². The van der Waals surface area contributed by atoms with Gasteiger partial charge in [0.15, 0.2) is 6.23 Å². The number of nitrogens with zero attached hydrogens (tertiary/aromatic N) is 4. The Morgan fingerprint density at radius 1 is 1.20 bits per heavy atom. The number of rotatable bonds is 12. The van der Waals surface area contributed by atoms with Crippen LogP contribution >= 0.6 is 9.24 Å². The summed E-state index contributed by atoms with van der Waals surface area (Å²) in [7, 11) is 5.50. The molecule has 1 aromatic carbocycles. The van der Waals surface area contributed by atoms with Gasteiger partial charge in [-0.2, -0.15) is 13.2 Å². The van der Waals surface area contributed by atoms with Crippen LogP contribution in [0.4, 0.5) is 17.6 Å². The third-order valence-electron chi connectivity index (χ3n) is 7.45. The standard InChI is InChI=1S/C31H39F4N6O2P/c1-6-7-23(41(4)15-18(2)30(3,32)44)20-10-8-19(9-11-20)16-43-28-22(26(36)31(33,34)35)14-37-27(40-28)24-25(21-12-13-21)38-17-39-29(24)42-5/h7-11,14-15,17,21,26,28H,6,12-13,16,36,44H2,1-5H3,(H,37,40)/b18-15+,23-7-. The molecule has 13 heteroatoms. The Kier molecular flexibility index (Phi) is 10.5. The first-order valence-corrected chi connectivity index (χ1v) is 14.9. The predicted octanol–water partition coefficient (Wildman–Crippen LogP) is 6.18. The van der Waals surface area contributed by atoms with Crippen LogP contribution < -0.4 is 15.8 Å². The zero-order valence-corrected chi connectivity index (χ0v) is 26.6. The molecule has 4 atom stereocenters. The Balaban J connectivity index is 1.59. The smallest absolute Gasteiger partial charge is 0.407 e. The number of allylic oxidation sites excluding steroid dienone is 2. The molecule has 1 saturated carbocycles. The molecule has 8 nitrogen and oxygen atoms in total. The first kappa shape index (κ1) is 33.6. The summed E-state index contributed by atoms with van der Waals surface area (Å²) in [5, 5.41) is 1.32. The Morgan fingerprint density at radius 3 is 2.45 bits per heavy atom. The van der Waals surface area contributed by atoms with Crippen LogP contribution in [0.5, 0.6) is 5.88 Å². The summed E-state index contributed by atoms with van der Waals surface area (Å²) in [6.45, 7) is 5.18. The minimum absolute atomic E-state index is 0.0313. The molecule has 1 aliphatic carbocycles. The maximum atomic E-state index is 14.4. The monoisotopic (exact) mass is 634 g/mol. The van der Waals surface area contributed by atoms with Gasteiger partial charge in [-0.25, -0.2) is 19.4 Å².